The van der Waals surface area contributed by atoms with Crippen LogP contribution < -0.4 is 4.74 Å². The van der Waals surface area contributed by atoms with E-state index in [2.05, 4.69) is 5.10 Å². The van der Waals surface area contributed by atoms with Crippen LogP contribution in [-0.4, -0.2) is 22.7 Å². The molecule has 0 aliphatic carbocycles. The zero-order valence-electron chi connectivity index (χ0n) is 13.7. The van der Waals surface area contributed by atoms with Gasteiger partial charge in [0.25, 0.3) is 0 Å². The molecule has 6 nitrogen and oxygen atoms in total. The van der Waals surface area contributed by atoms with Crippen LogP contribution in [0.3, 0.4) is 0 Å². The van der Waals surface area contributed by atoms with Crippen molar-refractivity contribution in [3.63, 3.8) is 0 Å². The molecule has 1 fully saturated rings. The second kappa shape index (κ2) is 6.02. The van der Waals surface area contributed by atoms with Crippen molar-refractivity contribution < 1.29 is 9.53 Å². The number of carbonyl (C=O) groups excluding carboxylic acids is 1. The van der Waals surface area contributed by atoms with Crippen LogP contribution in [0.5, 0.6) is 5.75 Å². The normalized spacial score (nSPS) is 21.8. The van der Waals surface area contributed by atoms with Gasteiger partial charge in [-0.05, 0) is 23.3 Å². The van der Waals surface area contributed by atoms with Gasteiger partial charge in [0.05, 0.1) is 18.2 Å². The highest BCUT2D eigenvalue weighted by molar-refractivity contribution is 5.85. The quantitative estimate of drug-likeness (QED) is 0.618. The lowest BCUT2D eigenvalue weighted by atomic mass is 9.88. The number of hydrazone groups is 1. The first kappa shape index (κ1) is 15.9. The van der Waals surface area contributed by atoms with Gasteiger partial charge in [0.15, 0.2) is 0 Å². The largest absolute Gasteiger partial charge is 0.426 e. The lowest BCUT2D eigenvalue weighted by Gasteiger charge is -2.33. The van der Waals surface area contributed by atoms with E-state index in [0.717, 1.165) is 11.1 Å². The van der Waals surface area contributed by atoms with Gasteiger partial charge in [0.1, 0.15) is 17.9 Å². The average molecular weight is 342 g/mol. The number of esters is 1. The van der Waals surface area contributed by atoms with E-state index in [0.29, 0.717) is 5.75 Å². The molecular formula is C20H14N4O2. The van der Waals surface area contributed by atoms with E-state index >= 15 is 0 Å². The van der Waals surface area contributed by atoms with Crippen molar-refractivity contribution in [3.8, 4) is 17.9 Å². The molecule has 2 aliphatic heterocycles. The van der Waals surface area contributed by atoms with Crippen LogP contribution in [0.4, 0.5) is 0 Å². The second-order valence-electron chi connectivity index (χ2n) is 6.29. The highest BCUT2D eigenvalue weighted by Crippen LogP contribution is 2.49. The Balaban J connectivity index is 1.75. The molecule has 0 amide bonds. The minimum atomic E-state index is -1.49. The van der Waals surface area contributed by atoms with E-state index in [9.17, 15) is 15.3 Å². The first-order chi connectivity index (χ1) is 12.7. The number of hydrogen-bond acceptors (Lipinski definition) is 6. The van der Waals surface area contributed by atoms with Gasteiger partial charge >= 0.3 is 5.97 Å². The fourth-order valence-corrected chi connectivity index (χ4v) is 3.58. The van der Waals surface area contributed by atoms with Gasteiger partial charge in [-0.3, -0.25) is 9.80 Å². The molecule has 2 heterocycles. The summed E-state index contributed by atoms with van der Waals surface area (Å²) >= 11 is 0. The smallest absolute Gasteiger partial charge is 0.317 e. The number of nitriles is 2. The van der Waals surface area contributed by atoms with Gasteiger partial charge in [0, 0.05) is 6.42 Å². The summed E-state index contributed by atoms with van der Waals surface area (Å²) in [6, 6.07) is 19.9. The molecule has 0 radical (unpaired) electrons. The predicted molar refractivity (Wildman–Crippen MR) is 92.8 cm³/mol. The highest BCUT2D eigenvalue weighted by atomic mass is 16.5. The number of fused-ring (bicyclic) bond motifs is 3. The van der Waals surface area contributed by atoms with E-state index < -0.39 is 23.5 Å². The molecular weight excluding hydrogens is 328 g/mol. The molecule has 26 heavy (non-hydrogen) atoms. The summed E-state index contributed by atoms with van der Waals surface area (Å²) in [5, 5.41) is 25.1. The van der Waals surface area contributed by atoms with E-state index in [1.165, 1.54) is 5.01 Å². The Labute approximate surface area is 150 Å². The zero-order chi connectivity index (χ0) is 18.1. The third kappa shape index (κ3) is 2.32. The van der Waals surface area contributed by atoms with Crippen LogP contribution in [-0.2, 0) is 4.79 Å². The minimum absolute atomic E-state index is 0.0437. The fourth-order valence-electron chi connectivity index (χ4n) is 3.58. The first-order valence-corrected chi connectivity index (χ1v) is 8.20. The number of ether oxygens (including phenoxy) is 1. The number of hydrogen-bond donors (Lipinski definition) is 0. The summed E-state index contributed by atoms with van der Waals surface area (Å²) in [4.78, 5) is 12.9. The lowest BCUT2D eigenvalue weighted by molar-refractivity contribution is -0.139. The molecule has 2 aromatic carbocycles. The second-order valence-corrected chi connectivity index (χ2v) is 6.29. The Kier molecular flexibility index (Phi) is 3.67. The van der Waals surface area contributed by atoms with Crippen molar-refractivity contribution in [2.24, 2.45) is 11.0 Å². The predicted octanol–water partition coefficient (Wildman–Crippen LogP) is 2.79. The van der Waals surface area contributed by atoms with Gasteiger partial charge in [-0.15, -0.1) is 0 Å². The molecule has 0 N–H and O–H groups in total. The van der Waals surface area contributed by atoms with Gasteiger partial charge in [-0.2, -0.15) is 15.6 Å². The average Bonchev–Trinajstić information content (AvgIpc) is 3.04. The zero-order valence-corrected chi connectivity index (χ0v) is 13.7. The summed E-state index contributed by atoms with van der Waals surface area (Å²) in [7, 11) is 0. The standard InChI is InChI=1S/C20H14N4O2/c21-12-20(13-22)10-17(19(25)26-15-7-2-1-3-8-15)18-16-9-5-4-6-14(16)11-23-24(18)20/h1-9,11,17-18H,10H2/t17-,18-/m0/s1. The lowest BCUT2D eigenvalue weighted by Crippen LogP contribution is -2.40. The summed E-state index contributed by atoms with van der Waals surface area (Å²) in [6.45, 7) is 0. The van der Waals surface area contributed by atoms with Crippen LogP contribution >= 0.6 is 0 Å². The third-order valence-electron chi connectivity index (χ3n) is 4.82. The number of para-hydroxylation sites is 1. The van der Waals surface area contributed by atoms with Crippen molar-refractivity contribution in [3.05, 3.63) is 65.7 Å². The van der Waals surface area contributed by atoms with E-state index in [4.69, 9.17) is 4.74 Å². The topological polar surface area (TPSA) is 89.5 Å². The van der Waals surface area contributed by atoms with Crippen molar-refractivity contribution in [1.29, 1.82) is 10.5 Å². The van der Waals surface area contributed by atoms with Crippen molar-refractivity contribution in [1.82, 2.24) is 5.01 Å². The van der Waals surface area contributed by atoms with Gasteiger partial charge in [-0.1, -0.05) is 42.5 Å². The number of benzene rings is 2. The molecule has 2 aromatic rings. The Morgan fingerprint density at radius 3 is 2.54 bits per heavy atom. The monoisotopic (exact) mass is 342 g/mol. The molecule has 2 aliphatic rings. The van der Waals surface area contributed by atoms with Crippen LogP contribution in [0.25, 0.3) is 0 Å². The molecule has 4 rings (SSSR count). The van der Waals surface area contributed by atoms with Crippen molar-refractivity contribution >= 4 is 12.2 Å². The Morgan fingerprint density at radius 2 is 1.81 bits per heavy atom. The maximum absolute atomic E-state index is 12.9. The molecule has 2 atom stereocenters. The molecule has 6 heteroatoms. The number of carbonyl (C=O) groups is 1. The van der Waals surface area contributed by atoms with E-state index in [1.807, 2.05) is 42.5 Å². The first-order valence-electron chi connectivity index (χ1n) is 8.20. The van der Waals surface area contributed by atoms with Crippen LogP contribution in [0.1, 0.15) is 23.6 Å². The van der Waals surface area contributed by atoms with Crippen LogP contribution in [0.2, 0.25) is 0 Å². The Hall–Kier alpha value is -3.64. The van der Waals surface area contributed by atoms with Crippen molar-refractivity contribution in [2.75, 3.05) is 0 Å². The molecule has 0 saturated carbocycles. The molecule has 0 unspecified atom stereocenters. The molecule has 1 saturated heterocycles. The summed E-state index contributed by atoms with van der Waals surface area (Å²) in [5.74, 6) is -0.707. The minimum Gasteiger partial charge on any atom is -0.426 e. The molecule has 126 valence electrons. The molecule has 0 bridgehead atoms. The fraction of sp³-hybridized carbons (Fsp3) is 0.200. The van der Waals surface area contributed by atoms with E-state index in [1.54, 1.807) is 30.5 Å². The van der Waals surface area contributed by atoms with E-state index in [-0.39, 0.29) is 6.42 Å². The summed E-state index contributed by atoms with van der Waals surface area (Å²) < 4.78 is 5.51. The van der Waals surface area contributed by atoms with Crippen LogP contribution in [0, 0.1) is 28.6 Å². The molecule has 0 aromatic heterocycles. The summed E-state index contributed by atoms with van der Waals surface area (Å²) in [5.41, 5.74) is 0.248. The third-order valence-corrected chi connectivity index (χ3v) is 4.82. The number of nitrogens with zero attached hydrogens (tertiary/aromatic N) is 4. The van der Waals surface area contributed by atoms with Crippen molar-refractivity contribution in [2.45, 2.75) is 18.0 Å². The number of rotatable bonds is 2. The highest BCUT2D eigenvalue weighted by Gasteiger charge is 2.57. The maximum Gasteiger partial charge on any atom is 0.317 e. The van der Waals surface area contributed by atoms with Crippen LogP contribution in [0.15, 0.2) is 59.7 Å². The molecule has 0 spiro atoms. The van der Waals surface area contributed by atoms with Gasteiger partial charge in [0.2, 0.25) is 5.54 Å². The Morgan fingerprint density at radius 1 is 1.12 bits per heavy atom. The summed E-state index contributed by atoms with van der Waals surface area (Å²) in [6.07, 6.45) is 1.67. The SMILES string of the molecule is N#CC1(C#N)C[C@H](C(=O)Oc2ccccc2)[C@@H]2c3ccccc3C=NN21. The van der Waals surface area contributed by atoms with Gasteiger partial charge in [-0.25, -0.2) is 0 Å². The Bertz CT molecular complexity index is 957. The van der Waals surface area contributed by atoms with Gasteiger partial charge < -0.3 is 4.74 Å². The maximum atomic E-state index is 12.9.